The molecule has 0 aromatic carbocycles. The number of thioether (sulfide) groups is 1. The molecule has 0 unspecified atom stereocenters. The van der Waals surface area contributed by atoms with Gasteiger partial charge in [-0.05, 0) is 12.8 Å². The van der Waals surface area contributed by atoms with Crippen LogP contribution in [0.25, 0.3) is 0 Å². The molecule has 0 amide bonds. The molecular weight excluding hydrogens is 244 g/mol. The van der Waals surface area contributed by atoms with E-state index in [0.717, 1.165) is 17.3 Å². The number of rotatable bonds is 7. The van der Waals surface area contributed by atoms with Crippen LogP contribution in [0.1, 0.15) is 26.0 Å². The van der Waals surface area contributed by atoms with Gasteiger partial charge in [-0.25, -0.2) is 13.4 Å². The summed E-state index contributed by atoms with van der Waals surface area (Å²) in [6, 6.07) is 0. The molecule has 0 saturated carbocycles. The summed E-state index contributed by atoms with van der Waals surface area (Å²) >= 11 is 1.46. The Morgan fingerprint density at radius 3 is 2.69 bits per heavy atom. The van der Waals surface area contributed by atoms with Gasteiger partial charge >= 0.3 is 0 Å². The Bertz CT molecular complexity index is 412. The highest BCUT2D eigenvalue weighted by atomic mass is 32.2. The van der Waals surface area contributed by atoms with Crippen molar-refractivity contribution < 1.29 is 8.42 Å². The first kappa shape index (κ1) is 13.6. The first-order valence-corrected chi connectivity index (χ1v) is 8.25. The molecule has 6 heteroatoms. The summed E-state index contributed by atoms with van der Waals surface area (Å²) in [6.07, 6.45) is 3.40. The third-order valence-electron chi connectivity index (χ3n) is 2.13. The van der Waals surface area contributed by atoms with Crippen molar-refractivity contribution in [3.05, 3.63) is 11.9 Å². The fraction of sp³-hybridized carbons (Fsp3) is 0.700. The Morgan fingerprint density at radius 2 is 2.12 bits per heavy atom. The number of aromatic amines is 1. The van der Waals surface area contributed by atoms with E-state index in [0.29, 0.717) is 12.2 Å². The second-order valence-electron chi connectivity index (χ2n) is 3.57. The number of aromatic nitrogens is 2. The molecule has 1 N–H and O–H groups in total. The van der Waals surface area contributed by atoms with Crippen molar-refractivity contribution in [1.29, 1.82) is 0 Å². The van der Waals surface area contributed by atoms with E-state index in [1.54, 1.807) is 6.20 Å². The van der Waals surface area contributed by atoms with E-state index in [9.17, 15) is 8.42 Å². The predicted molar refractivity (Wildman–Crippen MR) is 67.6 cm³/mol. The van der Waals surface area contributed by atoms with Gasteiger partial charge in [-0.3, -0.25) is 0 Å². The number of nitrogens with one attached hydrogen (secondary N) is 1. The number of H-pyrrole nitrogens is 1. The molecule has 16 heavy (non-hydrogen) atoms. The highest BCUT2D eigenvalue weighted by Gasteiger charge is 2.09. The van der Waals surface area contributed by atoms with Crippen LogP contribution in [-0.4, -0.2) is 35.6 Å². The first-order chi connectivity index (χ1) is 7.57. The second kappa shape index (κ2) is 6.30. The van der Waals surface area contributed by atoms with Crippen LogP contribution in [-0.2, 0) is 16.3 Å². The Kier molecular flexibility index (Phi) is 5.34. The Labute approximate surface area is 101 Å². The quantitative estimate of drug-likeness (QED) is 0.762. The van der Waals surface area contributed by atoms with Crippen molar-refractivity contribution in [1.82, 2.24) is 9.97 Å². The van der Waals surface area contributed by atoms with E-state index in [-0.39, 0.29) is 11.5 Å². The highest BCUT2D eigenvalue weighted by Crippen LogP contribution is 2.14. The van der Waals surface area contributed by atoms with Gasteiger partial charge in [-0.2, -0.15) is 0 Å². The zero-order valence-electron chi connectivity index (χ0n) is 9.69. The molecule has 0 bridgehead atoms. The Balaban J connectivity index is 2.35. The lowest BCUT2D eigenvalue weighted by Crippen LogP contribution is -2.12. The van der Waals surface area contributed by atoms with E-state index >= 15 is 0 Å². The van der Waals surface area contributed by atoms with E-state index in [1.165, 1.54) is 11.8 Å². The number of hydrogen-bond acceptors (Lipinski definition) is 4. The fourth-order valence-corrected chi connectivity index (χ4v) is 3.97. The van der Waals surface area contributed by atoms with Crippen molar-refractivity contribution in [3.8, 4) is 0 Å². The minimum atomic E-state index is -2.86. The lowest BCUT2D eigenvalue weighted by atomic mass is 10.4. The maximum Gasteiger partial charge on any atom is 0.165 e. The third-order valence-corrected chi connectivity index (χ3v) is 5.14. The van der Waals surface area contributed by atoms with Gasteiger partial charge in [0.05, 0.1) is 5.75 Å². The molecule has 92 valence electrons. The van der Waals surface area contributed by atoms with Gasteiger partial charge in [0.25, 0.3) is 0 Å². The van der Waals surface area contributed by atoms with Crippen LogP contribution in [0.3, 0.4) is 0 Å². The van der Waals surface area contributed by atoms with Crippen LogP contribution in [0, 0.1) is 0 Å². The topological polar surface area (TPSA) is 62.8 Å². The van der Waals surface area contributed by atoms with Crippen LogP contribution in [0.5, 0.6) is 0 Å². The standard InChI is InChI=1S/C10H18N2O2S2/c1-3-6-16(13,14)7-5-15-10-11-8-9(4-2)12-10/h8H,3-7H2,1-2H3,(H,11,12). The SMILES string of the molecule is CCCS(=O)(=O)CCSc1ncc(CC)[nH]1. The van der Waals surface area contributed by atoms with Gasteiger partial charge in [0.2, 0.25) is 0 Å². The number of imidazole rings is 1. The Hall–Kier alpha value is -0.490. The van der Waals surface area contributed by atoms with E-state index in [1.807, 2.05) is 13.8 Å². The zero-order valence-corrected chi connectivity index (χ0v) is 11.3. The average molecular weight is 262 g/mol. The molecule has 0 fully saturated rings. The molecular formula is C10H18N2O2S2. The van der Waals surface area contributed by atoms with Crippen molar-refractivity contribution >= 4 is 21.6 Å². The maximum absolute atomic E-state index is 11.4. The smallest absolute Gasteiger partial charge is 0.165 e. The van der Waals surface area contributed by atoms with E-state index < -0.39 is 9.84 Å². The summed E-state index contributed by atoms with van der Waals surface area (Å²) in [5.74, 6) is 1.08. The number of aryl methyl sites for hydroxylation is 1. The van der Waals surface area contributed by atoms with Crippen LogP contribution >= 0.6 is 11.8 Å². The molecule has 1 heterocycles. The number of hydrogen-bond donors (Lipinski definition) is 1. The van der Waals surface area contributed by atoms with Gasteiger partial charge in [0.1, 0.15) is 0 Å². The van der Waals surface area contributed by atoms with Gasteiger partial charge in [0.15, 0.2) is 15.0 Å². The summed E-state index contributed by atoms with van der Waals surface area (Å²) in [4.78, 5) is 7.30. The normalized spacial score (nSPS) is 11.9. The maximum atomic E-state index is 11.4. The van der Waals surface area contributed by atoms with Crippen LogP contribution in [0.4, 0.5) is 0 Å². The Morgan fingerprint density at radius 1 is 1.38 bits per heavy atom. The molecule has 1 aromatic heterocycles. The monoisotopic (exact) mass is 262 g/mol. The van der Waals surface area contributed by atoms with Crippen LogP contribution in [0.15, 0.2) is 11.4 Å². The van der Waals surface area contributed by atoms with Gasteiger partial charge in [-0.1, -0.05) is 25.6 Å². The molecule has 0 radical (unpaired) electrons. The molecule has 0 atom stereocenters. The molecule has 1 rings (SSSR count). The summed E-state index contributed by atoms with van der Waals surface area (Å²) < 4.78 is 22.9. The number of sulfone groups is 1. The highest BCUT2D eigenvalue weighted by molar-refractivity contribution is 8.00. The number of nitrogens with zero attached hydrogens (tertiary/aromatic N) is 1. The minimum absolute atomic E-state index is 0.230. The largest absolute Gasteiger partial charge is 0.337 e. The molecule has 0 aliphatic heterocycles. The van der Waals surface area contributed by atoms with E-state index in [4.69, 9.17) is 0 Å². The molecule has 4 nitrogen and oxygen atoms in total. The van der Waals surface area contributed by atoms with E-state index in [2.05, 4.69) is 9.97 Å². The fourth-order valence-electron chi connectivity index (χ4n) is 1.27. The second-order valence-corrected chi connectivity index (χ2v) is 6.95. The molecule has 1 aromatic rings. The molecule has 0 aliphatic carbocycles. The molecule has 0 aliphatic rings. The lowest BCUT2D eigenvalue weighted by Gasteiger charge is -2.00. The predicted octanol–water partition coefficient (Wildman–Crippen LogP) is 1.89. The summed E-state index contributed by atoms with van der Waals surface area (Å²) in [7, 11) is -2.86. The minimum Gasteiger partial charge on any atom is -0.337 e. The summed E-state index contributed by atoms with van der Waals surface area (Å²) in [5, 5.41) is 0.809. The van der Waals surface area contributed by atoms with Crippen molar-refractivity contribution in [2.45, 2.75) is 31.8 Å². The third kappa shape index (κ3) is 4.57. The van der Waals surface area contributed by atoms with Crippen molar-refractivity contribution in [2.75, 3.05) is 17.3 Å². The summed E-state index contributed by atoms with van der Waals surface area (Å²) in [5.41, 5.74) is 1.08. The first-order valence-electron chi connectivity index (χ1n) is 5.44. The van der Waals surface area contributed by atoms with Gasteiger partial charge in [-0.15, -0.1) is 0 Å². The lowest BCUT2D eigenvalue weighted by molar-refractivity contribution is 0.596. The van der Waals surface area contributed by atoms with Crippen LogP contribution in [0.2, 0.25) is 0 Å². The summed E-state index contributed by atoms with van der Waals surface area (Å²) in [6.45, 7) is 3.93. The molecule has 0 saturated heterocycles. The van der Waals surface area contributed by atoms with Crippen molar-refractivity contribution in [2.24, 2.45) is 0 Å². The van der Waals surface area contributed by atoms with Crippen molar-refractivity contribution in [3.63, 3.8) is 0 Å². The van der Waals surface area contributed by atoms with Gasteiger partial charge < -0.3 is 4.98 Å². The molecule has 0 spiro atoms. The van der Waals surface area contributed by atoms with Crippen LogP contribution < -0.4 is 0 Å². The van der Waals surface area contributed by atoms with Gasteiger partial charge in [0, 0.05) is 23.4 Å². The average Bonchev–Trinajstić information content (AvgIpc) is 2.65. The zero-order chi connectivity index (χ0) is 12.0.